The van der Waals surface area contributed by atoms with E-state index < -0.39 is 0 Å². The quantitative estimate of drug-likeness (QED) is 0.884. The summed E-state index contributed by atoms with van der Waals surface area (Å²) in [6.07, 6.45) is 5.52. The molecule has 1 aromatic rings. The minimum absolute atomic E-state index is 0.210. The number of hydrogen-bond acceptors (Lipinski definition) is 2. The number of hydrogen-bond donors (Lipinski definition) is 1. The lowest BCUT2D eigenvalue weighted by molar-refractivity contribution is 0.714. The zero-order valence-corrected chi connectivity index (χ0v) is 12.6. The van der Waals surface area contributed by atoms with E-state index in [1.807, 2.05) is 0 Å². The van der Waals surface area contributed by atoms with Crippen molar-refractivity contribution in [3.63, 3.8) is 0 Å². The molecule has 0 saturated heterocycles. The molecule has 0 radical (unpaired) electrons. The van der Waals surface area contributed by atoms with Gasteiger partial charge in [-0.3, -0.25) is 0 Å². The molecule has 2 unspecified atom stereocenters. The maximum atomic E-state index is 6.15. The Labute approximate surface area is 117 Å². The van der Waals surface area contributed by atoms with Crippen molar-refractivity contribution in [1.82, 2.24) is 0 Å². The molecule has 1 fully saturated rings. The van der Waals surface area contributed by atoms with Gasteiger partial charge in [-0.05, 0) is 37.5 Å². The van der Waals surface area contributed by atoms with Crippen molar-refractivity contribution in [2.45, 2.75) is 49.1 Å². The van der Waals surface area contributed by atoms with Gasteiger partial charge < -0.3 is 5.73 Å². The lowest BCUT2D eigenvalue weighted by atomic mass is 10.1. The van der Waals surface area contributed by atoms with Gasteiger partial charge in [-0.15, -0.1) is 11.8 Å². The van der Waals surface area contributed by atoms with Crippen LogP contribution in [0, 0.1) is 0 Å². The number of nitrogens with two attached hydrogens (primary N) is 1. The summed E-state index contributed by atoms with van der Waals surface area (Å²) in [7, 11) is 0. The van der Waals surface area contributed by atoms with E-state index in [0.29, 0.717) is 5.25 Å². The van der Waals surface area contributed by atoms with Crippen molar-refractivity contribution >= 4 is 27.7 Å². The average Bonchev–Trinajstić information content (AvgIpc) is 2.80. The molecule has 94 valence electrons. The normalized spacial score (nSPS) is 20.4. The summed E-state index contributed by atoms with van der Waals surface area (Å²) in [6.45, 7) is 2.12. The Balaban J connectivity index is 2.08. The smallest absolute Gasteiger partial charge is 0.0448 e. The fraction of sp³-hybridized carbons (Fsp3) is 0.571. The van der Waals surface area contributed by atoms with Crippen molar-refractivity contribution in [3.8, 4) is 0 Å². The third-order valence-electron chi connectivity index (χ3n) is 3.32. The molecule has 2 N–H and O–H groups in total. The van der Waals surface area contributed by atoms with Crippen molar-refractivity contribution in [2.24, 2.45) is 5.73 Å². The Hall–Kier alpha value is 0.01000. The zero-order valence-electron chi connectivity index (χ0n) is 10.2. The summed E-state index contributed by atoms with van der Waals surface area (Å²) in [5.41, 5.74) is 7.51. The van der Waals surface area contributed by atoms with Crippen LogP contribution in [0.15, 0.2) is 28.7 Å². The zero-order chi connectivity index (χ0) is 12.3. The number of thioether (sulfide) groups is 1. The first-order chi connectivity index (χ1) is 8.16. The third kappa shape index (κ3) is 3.73. The van der Waals surface area contributed by atoms with E-state index in [0.717, 1.165) is 9.72 Å². The first-order valence-electron chi connectivity index (χ1n) is 6.33. The maximum absolute atomic E-state index is 6.15. The predicted octanol–water partition coefficient (Wildman–Crippen LogP) is 4.51. The number of halogens is 1. The summed E-state index contributed by atoms with van der Waals surface area (Å²) < 4.78 is 1.13. The lowest BCUT2D eigenvalue weighted by Crippen LogP contribution is -2.24. The van der Waals surface area contributed by atoms with Crippen LogP contribution in [-0.4, -0.2) is 11.3 Å². The second-order valence-corrected chi connectivity index (χ2v) is 7.24. The van der Waals surface area contributed by atoms with Crippen LogP contribution in [0.5, 0.6) is 0 Å². The topological polar surface area (TPSA) is 26.0 Å². The molecule has 17 heavy (non-hydrogen) atoms. The van der Waals surface area contributed by atoms with Gasteiger partial charge in [-0.2, -0.15) is 0 Å². The average molecular weight is 314 g/mol. The molecule has 0 bridgehead atoms. The van der Waals surface area contributed by atoms with Crippen LogP contribution in [0.2, 0.25) is 0 Å². The minimum atomic E-state index is 0.210. The molecule has 1 aliphatic carbocycles. The largest absolute Gasteiger partial charge is 0.327 e. The van der Waals surface area contributed by atoms with Crippen LogP contribution in [0.3, 0.4) is 0 Å². The molecule has 3 heteroatoms. The number of rotatable bonds is 4. The lowest BCUT2D eigenvalue weighted by Gasteiger charge is -2.24. The fourth-order valence-electron chi connectivity index (χ4n) is 2.39. The summed E-state index contributed by atoms with van der Waals surface area (Å²) in [4.78, 5) is 0. The Morgan fingerprint density at radius 1 is 1.24 bits per heavy atom. The third-order valence-corrected chi connectivity index (χ3v) is 5.70. The van der Waals surface area contributed by atoms with E-state index >= 15 is 0 Å². The highest BCUT2D eigenvalue weighted by molar-refractivity contribution is 9.10. The van der Waals surface area contributed by atoms with Crippen LogP contribution in [0.1, 0.15) is 43.4 Å². The molecule has 0 aliphatic heterocycles. The Morgan fingerprint density at radius 3 is 2.35 bits per heavy atom. The van der Waals surface area contributed by atoms with E-state index in [4.69, 9.17) is 5.73 Å². The van der Waals surface area contributed by atoms with Gasteiger partial charge in [0.2, 0.25) is 0 Å². The molecular weight excluding hydrogens is 294 g/mol. The van der Waals surface area contributed by atoms with Crippen LogP contribution in [0.4, 0.5) is 0 Å². The van der Waals surface area contributed by atoms with E-state index in [1.165, 1.54) is 31.2 Å². The molecule has 0 heterocycles. The molecule has 1 nitrogen and oxygen atoms in total. The van der Waals surface area contributed by atoms with Crippen LogP contribution in [-0.2, 0) is 0 Å². The highest BCUT2D eigenvalue weighted by Gasteiger charge is 2.24. The van der Waals surface area contributed by atoms with E-state index in [-0.39, 0.29) is 6.04 Å². The van der Waals surface area contributed by atoms with Gasteiger partial charge in [-0.25, -0.2) is 0 Å². The summed E-state index contributed by atoms with van der Waals surface area (Å²) in [5.74, 6) is 0. The van der Waals surface area contributed by atoms with Crippen molar-refractivity contribution in [3.05, 3.63) is 34.3 Å². The van der Waals surface area contributed by atoms with E-state index in [1.54, 1.807) is 0 Å². The Bertz CT molecular complexity index is 344. The van der Waals surface area contributed by atoms with Crippen LogP contribution >= 0.6 is 27.7 Å². The van der Waals surface area contributed by atoms with Gasteiger partial charge >= 0.3 is 0 Å². The minimum Gasteiger partial charge on any atom is -0.327 e. The van der Waals surface area contributed by atoms with Gasteiger partial charge in [0.1, 0.15) is 0 Å². The Morgan fingerprint density at radius 2 is 1.82 bits per heavy atom. The molecule has 1 aromatic carbocycles. The van der Waals surface area contributed by atoms with Gasteiger partial charge in [0.05, 0.1) is 0 Å². The fourth-order valence-corrected chi connectivity index (χ4v) is 4.24. The first-order valence-corrected chi connectivity index (χ1v) is 8.07. The standard InChI is InChI=1S/C14H20BrNS/c1-10(16)14(17-13-4-2-3-5-13)11-6-8-12(15)9-7-11/h6-10,13-14H,2-5,16H2,1H3. The van der Waals surface area contributed by atoms with E-state index in [9.17, 15) is 0 Å². The molecule has 1 aliphatic rings. The predicted molar refractivity (Wildman–Crippen MR) is 80.4 cm³/mol. The van der Waals surface area contributed by atoms with Gasteiger partial charge in [0.25, 0.3) is 0 Å². The molecule has 0 aromatic heterocycles. The van der Waals surface area contributed by atoms with Crippen molar-refractivity contribution in [2.75, 3.05) is 0 Å². The maximum Gasteiger partial charge on any atom is 0.0448 e. The van der Waals surface area contributed by atoms with Gasteiger partial charge in [-0.1, -0.05) is 40.9 Å². The molecule has 0 spiro atoms. The Kier molecular flexibility index (Phi) is 4.95. The second-order valence-electron chi connectivity index (χ2n) is 4.87. The SMILES string of the molecule is CC(N)C(SC1CCCC1)c1ccc(Br)cc1. The van der Waals surface area contributed by atoms with Crippen LogP contribution < -0.4 is 5.73 Å². The molecule has 0 amide bonds. The monoisotopic (exact) mass is 313 g/mol. The summed E-state index contributed by atoms with van der Waals surface area (Å²) in [6, 6.07) is 8.82. The highest BCUT2D eigenvalue weighted by Crippen LogP contribution is 2.41. The summed E-state index contributed by atoms with van der Waals surface area (Å²) in [5, 5.41) is 1.25. The first kappa shape index (κ1) is 13.4. The van der Waals surface area contributed by atoms with E-state index in [2.05, 4.69) is 58.9 Å². The molecule has 2 atom stereocenters. The summed E-state index contributed by atoms with van der Waals surface area (Å²) >= 11 is 5.56. The van der Waals surface area contributed by atoms with Gasteiger partial charge in [0, 0.05) is 21.0 Å². The number of benzene rings is 1. The molecule has 2 rings (SSSR count). The van der Waals surface area contributed by atoms with Crippen molar-refractivity contribution < 1.29 is 0 Å². The second kappa shape index (κ2) is 6.26. The van der Waals surface area contributed by atoms with Gasteiger partial charge in [0.15, 0.2) is 0 Å². The molecule has 1 saturated carbocycles. The van der Waals surface area contributed by atoms with Crippen LogP contribution in [0.25, 0.3) is 0 Å². The highest BCUT2D eigenvalue weighted by atomic mass is 79.9. The van der Waals surface area contributed by atoms with Crippen molar-refractivity contribution in [1.29, 1.82) is 0 Å². The molecular formula is C14H20BrNS.